The van der Waals surface area contributed by atoms with Gasteiger partial charge in [0.15, 0.2) is 5.01 Å². The minimum Gasteiger partial charge on any atom is -0.288 e. The molecule has 4 nitrogen and oxygen atoms in total. The molecule has 0 aliphatic heterocycles. The number of nitrogens with two attached hydrogens (primary N) is 1. The van der Waals surface area contributed by atoms with Crippen LogP contribution in [-0.2, 0) is 5.75 Å². The van der Waals surface area contributed by atoms with Crippen molar-refractivity contribution in [3.63, 3.8) is 0 Å². The maximum absolute atomic E-state index is 11.2. The Morgan fingerprint density at radius 2 is 2.17 bits per heavy atom. The molecule has 1 aromatic carbocycles. The number of hydrazine groups is 1. The van der Waals surface area contributed by atoms with Crippen LogP contribution in [0.25, 0.3) is 0 Å². The number of hydrogen-bond donors (Lipinski definition) is 2. The van der Waals surface area contributed by atoms with Crippen molar-refractivity contribution in [3.05, 3.63) is 44.8 Å². The third-order valence-corrected chi connectivity index (χ3v) is 4.54. The van der Waals surface area contributed by atoms with Gasteiger partial charge in [0.2, 0.25) is 0 Å². The van der Waals surface area contributed by atoms with Crippen LogP contribution in [0, 0.1) is 0 Å². The molecule has 0 bridgehead atoms. The molecule has 3 N–H and O–H groups in total. The summed E-state index contributed by atoms with van der Waals surface area (Å²) < 4.78 is 1.06. The molecule has 0 aliphatic carbocycles. The van der Waals surface area contributed by atoms with Gasteiger partial charge in [-0.1, -0.05) is 15.9 Å². The Balaban J connectivity index is 1.96. The van der Waals surface area contributed by atoms with E-state index in [1.165, 1.54) is 11.3 Å². The van der Waals surface area contributed by atoms with E-state index in [0.717, 1.165) is 20.8 Å². The lowest BCUT2D eigenvalue weighted by Gasteiger charge is -1.99. The molecular formula is C11H10BrN3OS2. The van der Waals surface area contributed by atoms with E-state index in [2.05, 4.69) is 26.3 Å². The number of nitrogens with one attached hydrogen (secondary N) is 1. The fourth-order valence-electron chi connectivity index (χ4n) is 1.23. The predicted molar refractivity (Wildman–Crippen MR) is 77.5 cm³/mol. The molecule has 1 heterocycles. The topological polar surface area (TPSA) is 68.0 Å². The van der Waals surface area contributed by atoms with Gasteiger partial charge in [-0.25, -0.2) is 10.8 Å². The highest BCUT2D eigenvalue weighted by Gasteiger charge is 2.09. The summed E-state index contributed by atoms with van der Waals surface area (Å²) in [6.45, 7) is 0. The van der Waals surface area contributed by atoms with Gasteiger partial charge in [-0.3, -0.25) is 10.2 Å². The van der Waals surface area contributed by atoms with Crippen LogP contribution >= 0.6 is 39.0 Å². The molecule has 0 fully saturated rings. The summed E-state index contributed by atoms with van der Waals surface area (Å²) >= 11 is 6.36. The second-order valence-electron chi connectivity index (χ2n) is 3.36. The highest BCUT2D eigenvalue weighted by atomic mass is 79.9. The normalized spacial score (nSPS) is 10.3. The van der Waals surface area contributed by atoms with Crippen LogP contribution in [0.15, 0.2) is 39.0 Å². The Morgan fingerprint density at radius 3 is 2.83 bits per heavy atom. The second kappa shape index (κ2) is 6.33. The first-order valence-electron chi connectivity index (χ1n) is 5.03. The average molecular weight is 344 g/mol. The molecule has 94 valence electrons. The van der Waals surface area contributed by atoms with Gasteiger partial charge in [0.25, 0.3) is 5.91 Å². The number of nitrogens with zero attached hydrogens (tertiary/aromatic N) is 1. The Hall–Kier alpha value is -0.890. The number of aromatic nitrogens is 1. The van der Waals surface area contributed by atoms with Gasteiger partial charge in [0.1, 0.15) is 0 Å². The number of amides is 1. The van der Waals surface area contributed by atoms with E-state index >= 15 is 0 Å². The molecule has 1 amide bonds. The summed E-state index contributed by atoms with van der Waals surface area (Å²) in [5.41, 5.74) is 2.95. The smallest absolute Gasteiger partial charge is 0.288 e. The van der Waals surface area contributed by atoms with Gasteiger partial charge in [0, 0.05) is 20.5 Å². The number of carbonyl (C=O) groups is 1. The van der Waals surface area contributed by atoms with Crippen LogP contribution in [0.1, 0.15) is 15.5 Å². The molecule has 1 aromatic heterocycles. The molecule has 7 heteroatoms. The minimum atomic E-state index is -0.347. The number of nitrogen functional groups attached to an aromatic ring is 1. The SMILES string of the molecule is NNC(=O)c1nc(CSc2ccc(Br)cc2)cs1. The van der Waals surface area contributed by atoms with Crippen LogP contribution in [0.5, 0.6) is 0 Å². The summed E-state index contributed by atoms with van der Waals surface area (Å²) in [5, 5.41) is 2.26. The summed E-state index contributed by atoms with van der Waals surface area (Å²) in [6, 6.07) is 8.07. The number of benzene rings is 1. The Morgan fingerprint density at radius 1 is 1.44 bits per heavy atom. The third kappa shape index (κ3) is 3.55. The summed E-state index contributed by atoms with van der Waals surface area (Å²) in [4.78, 5) is 16.6. The minimum absolute atomic E-state index is 0.347. The first-order valence-corrected chi connectivity index (χ1v) is 7.68. The van der Waals surface area contributed by atoms with E-state index in [-0.39, 0.29) is 5.91 Å². The Kier molecular flexibility index (Phi) is 4.76. The quantitative estimate of drug-likeness (QED) is 0.387. The zero-order valence-corrected chi connectivity index (χ0v) is 12.4. The number of rotatable bonds is 4. The molecule has 0 atom stereocenters. The van der Waals surface area contributed by atoms with Gasteiger partial charge in [-0.05, 0) is 24.3 Å². The van der Waals surface area contributed by atoms with Gasteiger partial charge >= 0.3 is 0 Å². The maximum Gasteiger partial charge on any atom is 0.294 e. The van der Waals surface area contributed by atoms with Crippen LogP contribution in [-0.4, -0.2) is 10.9 Å². The Labute approximate surface area is 121 Å². The first-order chi connectivity index (χ1) is 8.69. The van der Waals surface area contributed by atoms with Crippen molar-refractivity contribution in [2.24, 2.45) is 5.84 Å². The van der Waals surface area contributed by atoms with Gasteiger partial charge in [-0.15, -0.1) is 23.1 Å². The fraction of sp³-hybridized carbons (Fsp3) is 0.0909. The van der Waals surface area contributed by atoms with E-state index in [1.807, 2.05) is 29.6 Å². The zero-order valence-electron chi connectivity index (χ0n) is 9.22. The summed E-state index contributed by atoms with van der Waals surface area (Å²) in [7, 11) is 0. The van der Waals surface area contributed by atoms with Crippen LogP contribution < -0.4 is 11.3 Å². The molecule has 0 aliphatic rings. The Bertz CT molecular complexity index is 541. The lowest BCUT2D eigenvalue weighted by atomic mass is 10.4. The average Bonchev–Trinajstić information content (AvgIpc) is 2.86. The van der Waals surface area contributed by atoms with Crippen molar-refractivity contribution in [2.75, 3.05) is 0 Å². The molecule has 0 unspecified atom stereocenters. The molecule has 18 heavy (non-hydrogen) atoms. The molecule has 0 radical (unpaired) electrons. The molecular weight excluding hydrogens is 334 g/mol. The zero-order chi connectivity index (χ0) is 13.0. The van der Waals surface area contributed by atoms with E-state index in [4.69, 9.17) is 5.84 Å². The predicted octanol–water partition coefficient (Wildman–Crippen LogP) is 2.80. The highest BCUT2D eigenvalue weighted by molar-refractivity contribution is 9.10. The van der Waals surface area contributed by atoms with E-state index in [1.54, 1.807) is 11.8 Å². The summed E-state index contributed by atoms with van der Waals surface area (Å²) in [5.74, 6) is 5.43. The third-order valence-electron chi connectivity index (χ3n) is 2.08. The number of thioether (sulfide) groups is 1. The standard InChI is InChI=1S/C11H10BrN3OS2/c12-7-1-3-9(4-2-7)17-5-8-6-18-11(14-8)10(16)15-13/h1-4,6H,5,13H2,(H,15,16). The first kappa shape index (κ1) is 13.5. The molecule has 0 spiro atoms. The maximum atomic E-state index is 11.2. The largest absolute Gasteiger partial charge is 0.294 e. The van der Waals surface area contributed by atoms with Gasteiger partial charge in [0.05, 0.1) is 5.69 Å². The molecule has 0 saturated carbocycles. The van der Waals surface area contributed by atoms with E-state index in [0.29, 0.717) is 5.01 Å². The van der Waals surface area contributed by atoms with Crippen molar-refractivity contribution in [1.82, 2.24) is 10.4 Å². The van der Waals surface area contributed by atoms with Gasteiger partial charge in [-0.2, -0.15) is 0 Å². The van der Waals surface area contributed by atoms with Crippen molar-refractivity contribution in [3.8, 4) is 0 Å². The lowest BCUT2D eigenvalue weighted by molar-refractivity contribution is 0.0953. The number of halogens is 1. The molecule has 2 aromatic rings. The fourth-order valence-corrected chi connectivity index (χ4v) is 3.11. The number of hydrogen-bond acceptors (Lipinski definition) is 5. The van der Waals surface area contributed by atoms with Crippen LogP contribution in [0.4, 0.5) is 0 Å². The summed E-state index contributed by atoms with van der Waals surface area (Å²) in [6.07, 6.45) is 0. The monoisotopic (exact) mass is 343 g/mol. The highest BCUT2D eigenvalue weighted by Crippen LogP contribution is 2.25. The van der Waals surface area contributed by atoms with Crippen LogP contribution in [0.2, 0.25) is 0 Å². The van der Waals surface area contributed by atoms with Crippen molar-refractivity contribution in [1.29, 1.82) is 0 Å². The van der Waals surface area contributed by atoms with Crippen molar-refractivity contribution >= 4 is 44.9 Å². The van der Waals surface area contributed by atoms with E-state index in [9.17, 15) is 4.79 Å². The lowest BCUT2D eigenvalue weighted by Crippen LogP contribution is -2.29. The van der Waals surface area contributed by atoms with Crippen molar-refractivity contribution in [2.45, 2.75) is 10.6 Å². The van der Waals surface area contributed by atoms with Gasteiger partial charge < -0.3 is 0 Å². The van der Waals surface area contributed by atoms with Crippen molar-refractivity contribution < 1.29 is 4.79 Å². The number of thiazole rings is 1. The van der Waals surface area contributed by atoms with E-state index < -0.39 is 0 Å². The molecule has 2 rings (SSSR count). The second-order valence-corrected chi connectivity index (χ2v) is 6.18. The number of carbonyl (C=O) groups excluding carboxylic acids is 1. The molecule has 0 saturated heterocycles. The van der Waals surface area contributed by atoms with Crippen LogP contribution in [0.3, 0.4) is 0 Å².